The zero-order valence-corrected chi connectivity index (χ0v) is 16.7. The number of furan rings is 1. The van der Waals surface area contributed by atoms with E-state index in [-0.39, 0.29) is 18.5 Å². The van der Waals surface area contributed by atoms with Crippen LogP contribution in [-0.4, -0.2) is 63.3 Å². The molecule has 0 unspecified atom stereocenters. The fraction of sp³-hybridized carbons (Fsp3) is 0.409. The van der Waals surface area contributed by atoms with Gasteiger partial charge in [-0.2, -0.15) is 0 Å². The number of piperidine rings is 1. The Bertz CT molecular complexity index is 871. The lowest BCUT2D eigenvalue weighted by molar-refractivity contribution is -0.136. The molecule has 4 rings (SSSR count). The van der Waals surface area contributed by atoms with E-state index >= 15 is 0 Å². The van der Waals surface area contributed by atoms with Crippen molar-refractivity contribution in [2.24, 2.45) is 0 Å². The average molecular weight is 394 g/mol. The standard InChI is InChI=1S/C22H26N4O3/c1-2-26-21(28)25(17-18-7-3-4-12-23-18)20(27)22(26)10-14-24(15-11-22)13-5-8-19-9-6-16-29-19/h3-9,12,16H,2,10-11,13-15,17H2,1H3. The van der Waals surface area contributed by atoms with Crippen LogP contribution in [0.4, 0.5) is 4.79 Å². The fourth-order valence-corrected chi connectivity index (χ4v) is 4.31. The highest BCUT2D eigenvalue weighted by Crippen LogP contribution is 2.37. The first-order valence-electron chi connectivity index (χ1n) is 10.1. The zero-order valence-electron chi connectivity index (χ0n) is 16.7. The number of hydrogen-bond donors (Lipinski definition) is 0. The van der Waals surface area contributed by atoms with Gasteiger partial charge in [0.1, 0.15) is 11.3 Å². The molecular weight excluding hydrogens is 368 g/mol. The van der Waals surface area contributed by atoms with Crippen LogP contribution >= 0.6 is 0 Å². The molecule has 2 aromatic rings. The SMILES string of the molecule is CCN1C(=O)N(Cc2ccccn2)C(=O)C12CCN(CC=Cc1ccco1)CC2. The van der Waals surface area contributed by atoms with E-state index in [1.165, 1.54) is 4.90 Å². The van der Waals surface area contributed by atoms with E-state index in [1.54, 1.807) is 17.4 Å². The minimum Gasteiger partial charge on any atom is -0.465 e. The Morgan fingerprint density at radius 3 is 2.66 bits per heavy atom. The highest BCUT2D eigenvalue weighted by Gasteiger charge is 2.57. The molecule has 0 aliphatic carbocycles. The van der Waals surface area contributed by atoms with Crippen LogP contribution in [0.25, 0.3) is 6.08 Å². The third kappa shape index (κ3) is 3.70. The topological polar surface area (TPSA) is 69.9 Å². The second kappa shape index (κ2) is 8.21. The summed E-state index contributed by atoms with van der Waals surface area (Å²) in [4.78, 5) is 36.0. The predicted molar refractivity (Wildman–Crippen MR) is 109 cm³/mol. The molecule has 0 atom stereocenters. The number of nitrogens with zero attached hydrogens (tertiary/aromatic N) is 4. The van der Waals surface area contributed by atoms with Crippen molar-refractivity contribution in [2.75, 3.05) is 26.2 Å². The minimum absolute atomic E-state index is 0.0826. The molecular formula is C22H26N4O3. The Morgan fingerprint density at radius 1 is 1.17 bits per heavy atom. The number of pyridine rings is 1. The molecule has 0 aromatic carbocycles. The molecule has 1 spiro atoms. The van der Waals surface area contributed by atoms with E-state index in [4.69, 9.17) is 4.42 Å². The zero-order chi connectivity index (χ0) is 20.3. The molecule has 7 nitrogen and oxygen atoms in total. The van der Waals surface area contributed by atoms with Crippen molar-refractivity contribution in [3.8, 4) is 0 Å². The van der Waals surface area contributed by atoms with Crippen LogP contribution in [0, 0.1) is 0 Å². The van der Waals surface area contributed by atoms with E-state index in [0.29, 0.717) is 19.4 Å². The van der Waals surface area contributed by atoms with Gasteiger partial charge in [-0.25, -0.2) is 4.79 Å². The summed E-state index contributed by atoms with van der Waals surface area (Å²) in [5, 5.41) is 0. The predicted octanol–water partition coefficient (Wildman–Crippen LogP) is 3.01. The number of urea groups is 1. The summed E-state index contributed by atoms with van der Waals surface area (Å²) in [6.07, 6.45) is 8.67. The van der Waals surface area contributed by atoms with Gasteiger partial charge in [-0.15, -0.1) is 0 Å². The fourth-order valence-electron chi connectivity index (χ4n) is 4.31. The monoisotopic (exact) mass is 394 g/mol. The third-order valence-corrected chi connectivity index (χ3v) is 5.86. The summed E-state index contributed by atoms with van der Waals surface area (Å²) < 4.78 is 5.31. The number of rotatable bonds is 6. The lowest BCUT2D eigenvalue weighted by Crippen LogP contribution is -2.56. The van der Waals surface area contributed by atoms with Crippen molar-refractivity contribution in [1.29, 1.82) is 0 Å². The van der Waals surface area contributed by atoms with Gasteiger partial charge in [0.05, 0.1) is 18.5 Å². The van der Waals surface area contributed by atoms with E-state index in [1.807, 2.05) is 43.3 Å². The molecule has 0 bridgehead atoms. The molecule has 2 fully saturated rings. The van der Waals surface area contributed by atoms with Crippen LogP contribution in [0.15, 0.2) is 53.3 Å². The summed E-state index contributed by atoms with van der Waals surface area (Å²) in [5.74, 6) is 0.748. The van der Waals surface area contributed by atoms with Gasteiger partial charge < -0.3 is 9.32 Å². The van der Waals surface area contributed by atoms with E-state index in [9.17, 15) is 9.59 Å². The Morgan fingerprint density at radius 2 is 2.00 bits per heavy atom. The first-order valence-corrected chi connectivity index (χ1v) is 10.1. The van der Waals surface area contributed by atoms with Crippen molar-refractivity contribution in [3.63, 3.8) is 0 Å². The van der Waals surface area contributed by atoms with Gasteiger partial charge >= 0.3 is 6.03 Å². The largest absolute Gasteiger partial charge is 0.465 e. The van der Waals surface area contributed by atoms with Crippen LogP contribution in [0.2, 0.25) is 0 Å². The number of carbonyl (C=O) groups is 2. The number of hydrogen-bond acceptors (Lipinski definition) is 5. The molecule has 2 saturated heterocycles. The normalized spacial score (nSPS) is 19.8. The number of amides is 3. The molecule has 3 amide bonds. The van der Waals surface area contributed by atoms with E-state index in [2.05, 4.69) is 16.0 Å². The van der Waals surface area contributed by atoms with Crippen molar-refractivity contribution >= 4 is 18.0 Å². The van der Waals surface area contributed by atoms with Crippen LogP contribution in [0.1, 0.15) is 31.2 Å². The van der Waals surface area contributed by atoms with Gasteiger partial charge in [-0.1, -0.05) is 12.1 Å². The first kappa shape index (κ1) is 19.4. The maximum atomic E-state index is 13.3. The Labute approximate surface area is 170 Å². The molecule has 7 heteroatoms. The first-order chi connectivity index (χ1) is 14.1. The second-order valence-corrected chi connectivity index (χ2v) is 7.49. The molecule has 0 radical (unpaired) electrons. The maximum absolute atomic E-state index is 13.3. The third-order valence-electron chi connectivity index (χ3n) is 5.86. The molecule has 152 valence electrons. The minimum atomic E-state index is -0.720. The molecule has 4 heterocycles. The summed E-state index contributed by atoms with van der Waals surface area (Å²) in [6.45, 7) is 5.04. The maximum Gasteiger partial charge on any atom is 0.328 e. The smallest absolute Gasteiger partial charge is 0.328 e. The van der Waals surface area contributed by atoms with Crippen molar-refractivity contribution < 1.29 is 14.0 Å². The van der Waals surface area contributed by atoms with Crippen LogP contribution in [-0.2, 0) is 11.3 Å². The number of likely N-dealkylation sites (N-methyl/N-ethyl adjacent to an activating group) is 1. The van der Waals surface area contributed by atoms with Crippen LogP contribution < -0.4 is 0 Å². The number of aromatic nitrogens is 1. The average Bonchev–Trinajstić information content (AvgIpc) is 3.32. The lowest BCUT2D eigenvalue weighted by Gasteiger charge is -2.41. The summed E-state index contributed by atoms with van der Waals surface area (Å²) in [5.41, 5.74) is 0.00442. The van der Waals surface area contributed by atoms with E-state index in [0.717, 1.165) is 31.1 Å². The molecule has 2 aliphatic rings. The van der Waals surface area contributed by atoms with Gasteiger partial charge in [0.2, 0.25) is 0 Å². The quantitative estimate of drug-likeness (QED) is 0.705. The molecule has 29 heavy (non-hydrogen) atoms. The molecule has 0 N–H and O–H groups in total. The van der Waals surface area contributed by atoms with Gasteiger partial charge in [-0.05, 0) is 50.1 Å². The van der Waals surface area contributed by atoms with Crippen molar-refractivity contribution in [3.05, 3.63) is 60.3 Å². The van der Waals surface area contributed by atoms with Gasteiger partial charge in [0.15, 0.2) is 0 Å². The number of imide groups is 1. The van der Waals surface area contributed by atoms with Gasteiger partial charge in [0, 0.05) is 32.4 Å². The molecule has 2 aliphatic heterocycles. The number of likely N-dealkylation sites (tertiary alicyclic amines) is 1. The summed E-state index contributed by atoms with van der Waals surface area (Å²) in [7, 11) is 0. The van der Waals surface area contributed by atoms with Crippen molar-refractivity contribution in [2.45, 2.75) is 31.8 Å². The lowest BCUT2D eigenvalue weighted by atomic mass is 9.85. The summed E-state index contributed by atoms with van der Waals surface area (Å²) in [6, 6.07) is 9.12. The Balaban J connectivity index is 1.43. The Kier molecular flexibility index (Phi) is 5.49. The van der Waals surface area contributed by atoms with E-state index < -0.39 is 5.54 Å². The second-order valence-electron chi connectivity index (χ2n) is 7.49. The number of carbonyl (C=O) groups excluding carboxylic acids is 2. The molecule has 2 aromatic heterocycles. The highest BCUT2D eigenvalue weighted by molar-refractivity contribution is 6.07. The van der Waals surface area contributed by atoms with Gasteiger partial charge in [-0.3, -0.25) is 19.6 Å². The molecule has 0 saturated carbocycles. The van der Waals surface area contributed by atoms with Crippen LogP contribution in [0.3, 0.4) is 0 Å². The van der Waals surface area contributed by atoms with Gasteiger partial charge in [0.25, 0.3) is 5.91 Å². The Hall–Kier alpha value is -2.93. The summed E-state index contributed by atoms with van der Waals surface area (Å²) >= 11 is 0. The van der Waals surface area contributed by atoms with Crippen LogP contribution in [0.5, 0.6) is 0 Å². The van der Waals surface area contributed by atoms with Crippen molar-refractivity contribution in [1.82, 2.24) is 19.7 Å². The highest BCUT2D eigenvalue weighted by atomic mass is 16.3.